The van der Waals surface area contributed by atoms with E-state index >= 15 is 0 Å². The molecule has 6 heteroatoms. The van der Waals surface area contributed by atoms with Crippen molar-refractivity contribution < 1.29 is 14.3 Å². The molecule has 1 N–H and O–H groups in total. The highest BCUT2D eigenvalue weighted by Crippen LogP contribution is 2.31. The Balaban J connectivity index is 1.32. The molecule has 3 aliphatic rings. The third kappa shape index (κ3) is 4.36. The summed E-state index contributed by atoms with van der Waals surface area (Å²) in [7, 11) is 0. The van der Waals surface area contributed by atoms with Crippen LogP contribution in [0.3, 0.4) is 0 Å². The normalized spacial score (nSPS) is 18.9. The molecule has 0 aromatic heterocycles. The van der Waals surface area contributed by atoms with Crippen LogP contribution >= 0.6 is 0 Å². The first-order chi connectivity index (χ1) is 15.1. The molecule has 1 aliphatic carbocycles. The topological polar surface area (TPSA) is 61.9 Å². The number of aryl methyl sites for hydroxylation is 1. The van der Waals surface area contributed by atoms with Crippen molar-refractivity contribution in [1.29, 1.82) is 0 Å². The summed E-state index contributed by atoms with van der Waals surface area (Å²) >= 11 is 0. The minimum Gasteiger partial charge on any atom is -0.379 e. The zero-order chi connectivity index (χ0) is 21.4. The second-order valence-electron chi connectivity index (χ2n) is 8.83. The molecule has 2 aliphatic heterocycles. The van der Waals surface area contributed by atoms with Gasteiger partial charge >= 0.3 is 0 Å². The molecular weight excluding hydrogens is 390 g/mol. The number of morpholine rings is 1. The van der Waals surface area contributed by atoms with Crippen LogP contribution in [-0.4, -0.2) is 67.0 Å². The lowest BCUT2D eigenvalue weighted by molar-refractivity contribution is 0.0327. The molecule has 0 unspecified atom stereocenters. The molecule has 0 bridgehead atoms. The van der Waals surface area contributed by atoms with E-state index in [1.54, 1.807) is 0 Å². The summed E-state index contributed by atoms with van der Waals surface area (Å²) in [5.74, 6) is 0.110. The van der Waals surface area contributed by atoms with Gasteiger partial charge in [-0.25, -0.2) is 0 Å². The van der Waals surface area contributed by atoms with Crippen LogP contribution in [0.15, 0.2) is 36.4 Å². The number of carbonyl (C=O) groups is 2. The van der Waals surface area contributed by atoms with Gasteiger partial charge in [-0.05, 0) is 66.3 Å². The predicted molar refractivity (Wildman–Crippen MR) is 119 cm³/mol. The number of nitrogens with zero attached hydrogens (tertiary/aromatic N) is 2. The highest BCUT2D eigenvalue weighted by molar-refractivity contribution is 5.99. The van der Waals surface area contributed by atoms with Crippen LogP contribution in [0, 0.1) is 6.92 Å². The Morgan fingerprint density at radius 1 is 1.06 bits per heavy atom. The van der Waals surface area contributed by atoms with Crippen LogP contribution in [-0.2, 0) is 11.3 Å². The summed E-state index contributed by atoms with van der Waals surface area (Å²) in [4.78, 5) is 29.7. The molecule has 0 radical (unpaired) electrons. The van der Waals surface area contributed by atoms with Crippen LogP contribution in [0.1, 0.15) is 44.7 Å². The van der Waals surface area contributed by atoms with E-state index < -0.39 is 0 Å². The van der Waals surface area contributed by atoms with Gasteiger partial charge in [0, 0.05) is 49.9 Å². The maximum atomic E-state index is 12.9. The van der Waals surface area contributed by atoms with E-state index in [1.165, 1.54) is 0 Å². The summed E-state index contributed by atoms with van der Waals surface area (Å²) in [6.07, 6.45) is 2.15. The van der Waals surface area contributed by atoms with Gasteiger partial charge in [-0.1, -0.05) is 12.1 Å². The Labute approximate surface area is 183 Å². The number of ether oxygens (including phenoxy) is 1. The predicted octanol–water partition coefficient (Wildman–Crippen LogP) is 2.84. The van der Waals surface area contributed by atoms with E-state index in [0.29, 0.717) is 18.2 Å². The maximum absolute atomic E-state index is 12.9. The molecule has 31 heavy (non-hydrogen) atoms. The van der Waals surface area contributed by atoms with Crippen molar-refractivity contribution in [2.75, 3.05) is 39.4 Å². The highest BCUT2D eigenvalue weighted by Gasteiger charge is 2.28. The molecule has 5 rings (SSSR count). The fraction of sp³-hybridized carbons (Fsp3) is 0.440. The standard InChI is InChI=1S/C25H29N3O3/c1-17-2-3-19(24(29)26-21-5-6-21)15-23(17)18-4-7-22-20(14-18)16-28(25(22)30)9-8-27-10-12-31-13-11-27/h2-4,7,14-15,21H,5-6,8-13,16H2,1H3,(H,26,29). The third-order valence-corrected chi connectivity index (χ3v) is 6.50. The van der Waals surface area contributed by atoms with E-state index in [1.807, 2.05) is 35.2 Å². The van der Waals surface area contributed by atoms with Gasteiger partial charge in [0.2, 0.25) is 0 Å². The number of rotatable bonds is 6. The second-order valence-corrected chi connectivity index (χ2v) is 8.83. The number of amides is 2. The van der Waals surface area contributed by atoms with Gasteiger partial charge in [0.1, 0.15) is 0 Å². The summed E-state index contributed by atoms with van der Waals surface area (Å²) in [6, 6.07) is 12.3. The monoisotopic (exact) mass is 419 g/mol. The Hall–Kier alpha value is -2.70. The van der Waals surface area contributed by atoms with Crippen molar-refractivity contribution in [3.63, 3.8) is 0 Å². The second kappa shape index (κ2) is 8.44. The number of benzene rings is 2. The summed E-state index contributed by atoms with van der Waals surface area (Å²) in [5.41, 5.74) is 5.78. The van der Waals surface area contributed by atoms with Gasteiger partial charge < -0.3 is 15.0 Å². The Bertz CT molecular complexity index is 1010. The fourth-order valence-corrected chi connectivity index (χ4v) is 4.39. The zero-order valence-electron chi connectivity index (χ0n) is 18.0. The number of hydrogen-bond acceptors (Lipinski definition) is 4. The molecule has 1 saturated carbocycles. The van der Waals surface area contributed by atoms with Crippen molar-refractivity contribution in [2.45, 2.75) is 32.4 Å². The molecular formula is C25H29N3O3. The van der Waals surface area contributed by atoms with E-state index in [0.717, 1.165) is 80.1 Å². The van der Waals surface area contributed by atoms with Crippen molar-refractivity contribution in [3.8, 4) is 11.1 Å². The lowest BCUT2D eigenvalue weighted by Crippen LogP contribution is -2.41. The highest BCUT2D eigenvalue weighted by atomic mass is 16.5. The molecule has 2 fully saturated rings. The lowest BCUT2D eigenvalue weighted by Gasteiger charge is -2.28. The van der Waals surface area contributed by atoms with E-state index in [-0.39, 0.29) is 11.8 Å². The SMILES string of the molecule is Cc1ccc(C(=O)NC2CC2)cc1-c1ccc2c(c1)CN(CCN1CCOCC1)C2=O. The van der Waals surface area contributed by atoms with Crippen molar-refractivity contribution >= 4 is 11.8 Å². The number of fused-ring (bicyclic) bond motifs is 1. The van der Waals surface area contributed by atoms with Gasteiger partial charge in [-0.2, -0.15) is 0 Å². The smallest absolute Gasteiger partial charge is 0.254 e. The third-order valence-electron chi connectivity index (χ3n) is 6.50. The molecule has 1 saturated heterocycles. The molecule has 2 heterocycles. The number of nitrogens with one attached hydrogen (secondary N) is 1. The quantitative estimate of drug-likeness (QED) is 0.782. The van der Waals surface area contributed by atoms with Crippen molar-refractivity contribution in [2.24, 2.45) is 0 Å². The summed E-state index contributed by atoms with van der Waals surface area (Å²) in [5, 5.41) is 3.06. The van der Waals surface area contributed by atoms with Gasteiger partial charge in [-0.15, -0.1) is 0 Å². The van der Waals surface area contributed by atoms with Gasteiger partial charge in [-0.3, -0.25) is 14.5 Å². The molecule has 2 amide bonds. The molecule has 0 spiro atoms. The van der Waals surface area contributed by atoms with Gasteiger partial charge in [0.25, 0.3) is 11.8 Å². The Morgan fingerprint density at radius 3 is 2.65 bits per heavy atom. The van der Waals surface area contributed by atoms with E-state index in [2.05, 4.69) is 23.2 Å². The van der Waals surface area contributed by atoms with Crippen LogP contribution in [0.5, 0.6) is 0 Å². The minimum absolute atomic E-state index is 0.00521. The first-order valence-electron chi connectivity index (χ1n) is 11.2. The van der Waals surface area contributed by atoms with E-state index in [4.69, 9.17) is 4.74 Å². The molecule has 2 aromatic rings. The van der Waals surface area contributed by atoms with Crippen molar-refractivity contribution in [1.82, 2.24) is 15.1 Å². The molecule has 162 valence electrons. The molecule has 0 atom stereocenters. The van der Waals surface area contributed by atoms with Crippen molar-refractivity contribution in [3.05, 3.63) is 58.7 Å². The van der Waals surface area contributed by atoms with Crippen LogP contribution < -0.4 is 5.32 Å². The number of hydrogen-bond donors (Lipinski definition) is 1. The van der Waals surface area contributed by atoms with E-state index in [9.17, 15) is 9.59 Å². The van der Waals surface area contributed by atoms with Gasteiger partial charge in [0.15, 0.2) is 0 Å². The largest absolute Gasteiger partial charge is 0.379 e. The Kier molecular flexibility index (Phi) is 5.50. The number of carbonyl (C=O) groups excluding carboxylic acids is 2. The fourth-order valence-electron chi connectivity index (χ4n) is 4.39. The Morgan fingerprint density at radius 2 is 1.87 bits per heavy atom. The van der Waals surface area contributed by atoms with Crippen LogP contribution in [0.4, 0.5) is 0 Å². The van der Waals surface area contributed by atoms with Crippen LogP contribution in [0.25, 0.3) is 11.1 Å². The molecule has 2 aromatic carbocycles. The van der Waals surface area contributed by atoms with Gasteiger partial charge in [0.05, 0.1) is 13.2 Å². The first kappa shape index (κ1) is 20.2. The minimum atomic E-state index is -0.00521. The first-order valence-corrected chi connectivity index (χ1v) is 11.2. The average Bonchev–Trinajstić information content (AvgIpc) is 3.55. The van der Waals surface area contributed by atoms with Crippen LogP contribution in [0.2, 0.25) is 0 Å². The zero-order valence-corrected chi connectivity index (χ0v) is 18.0. The maximum Gasteiger partial charge on any atom is 0.254 e. The molecule has 6 nitrogen and oxygen atoms in total. The lowest BCUT2D eigenvalue weighted by atomic mass is 9.95. The summed E-state index contributed by atoms with van der Waals surface area (Å²) < 4.78 is 5.41. The summed E-state index contributed by atoms with van der Waals surface area (Å²) in [6.45, 7) is 7.74. The average molecular weight is 420 g/mol.